The zero-order valence-electron chi connectivity index (χ0n) is 10.9. The van der Waals surface area contributed by atoms with Crippen LogP contribution in [-0.2, 0) is 0 Å². The second kappa shape index (κ2) is 4.25. The molecule has 92 valence electrons. The summed E-state index contributed by atoms with van der Waals surface area (Å²) in [5.74, 6) is 0. The van der Waals surface area contributed by atoms with E-state index in [9.17, 15) is 0 Å². The smallest absolute Gasteiger partial charge is 0.107 e. The van der Waals surface area contributed by atoms with Crippen molar-refractivity contribution in [3.05, 3.63) is 59.4 Å². The van der Waals surface area contributed by atoms with E-state index in [1.165, 1.54) is 11.1 Å². The first-order chi connectivity index (χ1) is 9.19. The van der Waals surface area contributed by atoms with Crippen molar-refractivity contribution in [3.63, 3.8) is 0 Å². The van der Waals surface area contributed by atoms with E-state index in [0.717, 1.165) is 16.7 Å². The molecule has 3 heteroatoms. The third-order valence-electron chi connectivity index (χ3n) is 3.18. The second-order valence-electron chi connectivity index (χ2n) is 4.75. The highest BCUT2D eigenvalue weighted by Gasteiger charge is 2.08. The molecule has 0 saturated carbocycles. The minimum absolute atomic E-state index is 0.612. The largest absolute Gasteiger partial charge is 0.299 e. The molecule has 0 saturated heterocycles. The first-order valence-corrected chi connectivity index (χ1v) is 6.14. The van der Waals surface area contributed by atoms with Crippen LogP contribution in [0.3, 0.4) is 0 Å². The summed E-state index contributed by atoms with van der Waals surface area (Å²) in [6, 6.07) is 14.2. The molecule has 0 radical (unpaired) electrons. The van der Waals surface area contributed by atoms with Gasteiger partial charge in [-0.2, -0.15) is 5.26 Å². The lowest BCUT2D eigenvalue weighted by atomic mass is 10.1. The SMILES string of the molecule is Cc1cc(C)cc(-n2cnc3c(C#N)cccc32)c1. The van der Waals surface area contributed by atoms with Gasteiger partial charge in [-0.05, 0) is 49.2 Å². The number of benzene rings is 2. The highest BCUT2D eigenvalue weighted by Crippen LogP contribution is 2.22. The second-order valence-corrected chi connectivity index (χ2v) is 4.75. The molecule has 0 fully saturated rings. The summed E-state index contributed by atoms with van der Waals surface area (Å²) in [6.07, 6.45) is 1.78. The van der Waals surface area contributed by atoms with E-state index in [0.29, 0.717) is 5.56 Å². The van der Waals surface area contributed by atoms with E-state index in [4.69, 9.17) is 5.26 Å². The minimum Gasteiger partial charge on any atom is -0.299 e. The number of imidazole rings is 1. The Morgan fingerprint density at radius 1 is 1.11 bits per heavy atom. The molecule has 0 amide bonds. The van der Waals surface area contributed by atoms with Gasteiger partial charge in [-0.15, -0.1) is 0 Å². The zero-order chi connectivity index (χ0) is 13.4. The number of nitriles is 1. The van der Waals surface area contributed by atoms with E-state index in [1.54, 1.807) is 12.4 Å². The quantitative estimate of drug-likeness (QED) is 0.660. The van der Waals surface area contributed by atoms with Crippen molar-refractivity contribution in [1.29, 1.82) is 5.26 Å². The van der Waals surface area contributed by atoms with Crippen molar-refractivity contribution in [1.82, 2.24) is 9.55 Å². The summed E-state index contributed by atoms with van der Waals surface area (Å²) < 4.78 is 2.02. The topological polar surface area (TPSA) is 41.6 Å². The maximum atomic E-state index is 9.10. The van der Waals surface area contributed by atoms with Crippen LogP contribution in [0.4, 0.5) is 0 Å². The average Bonchev–Trinajstić information content (AvgIpc) is 2.81. The van der Waals surface area contributed by atoms with Crippen LogP contribution < -0.4 is 0 Å². The lowest BCUT2D eigenvalue weighted by molar-refractivity contribution is 1.08. The van der Waals surface area contributed by atoms with Crippen molar-refractivity contribution in [2.75, 3.05) is 0 Å². The van der Waals surface area contributed by atoms with Crippen LogP contribution in [0.25, 0.3) is 16.7 Å². The highest BCUT2D eigenvalue weighted by molar-refractivity contribution is 5.83. The summed E-state index contributed by atoms with van der Waals surface area (Å²) in [6.45, 7) is 4.16. The molecule has 3 nitrogen and oxygen atoms in total. The van der Waals surface area contributed by atoms with Gasteiger partial charge in [0.2, 0.25) is 0 Å². The Labute approximate surface area is 111 Å². The van der Waals surface area contributed by atoms with Crippen molar-refractivity contribution < 1.29 is 0 Å². The number of hydrogen-bond acceptors (Lipinski definition) is 2. The molecule has 0 atom stereocenters. The first kappa shape index (κ1) is 11.5. The standard InChI is InChI=1S/C16H13N3/c1-11-6-12(2)8-14(7-11)19-10-18-16-13(9-17)4-3-5-15(16)19/h3-8,10H,1-2H3. The van der Waals surface area contributed by atoms with E-state index < -0.39 is 0 Å². The highest BCUT2D eigenvalue weighted by atomic mass is 15.0. The summed E-state index contributed by atoms with van der Waals surface area (Å²) in [7, 11) is 0. The van der Waals surface area contributed by atoms with Crippen molar-refractivity contribution in [3.8, 4) is 11.8 Å². The Morgan fingerprint density at radius 2 is 1.84 bits per heavy atom. The van der Waals surface area contributed by atoms with E-state index in [2.05, 4.69) is 43.1 Å². The maximum Gasteiger partial charge on any atom is 0.107 e. The summed E-state index contributed by atoms with van der Waals surface area (Å²) >= 11 is 0. The molecule has 0 aliphatic heterocycles. The van der Waals surface area contributed by atoms with Crippen LogP contribution in [0.1, 0.15) is 16.7 Å². The molecule has 3 aromatic rings. The zero-order valence-corrected chi connectivity index (χ0v) is 10.9. The molecular formula is C16H13N3. The Hall–Kier alpha value is -2.60. The number of rotatable bonds is 1. The molecule has 3 rings (SSSR count). The Kier molecular flexibility index (Phi) is 2.57. The van der Waals surface area contributed by atoms with Gasteiger partial charge in [0.25, 0.3) is 0 Å². The third-order valence-corrected chi connectivity index (χ3v) is 3.18. The van der Waals surface area contributed by atoms with Gasteiger partial charge in [0.15, 0.2) is 0 Å². The van der Waals surface area contributed by atoms with Gasteiger partial charge >= 0.3 is 0 Å². The van der Waals surface area contributed by atoms with Crippen LogP contribution in [0.5, 0.6) is 0 Å². The number of nitrogens with zero attached hydrogens (tertiary/aromatic N) is 3. The molecule has 0 unspecified atom stereocenters. The van der Waals surface area contributed by atoms with Crippen molar-refractivity contribution in [2.24, 2.45) is 0 Å². The Morgan fingerprint density at radius 3 is 2.53 bits per heavy atom. The van der Waals surface area contributed by atoms with Crippen molar-refractivity contribution in [2.45, 2.75) is 13.8 Å². The minimum atomic E-state index is 0.612. The molecule has 19 heavy (non-hydrogen) atoms. The summed E-state index contributed by atoms with van der Waals surface area (Å²) in [5, 5.41) is 9.10. The molecular weight excluding hydrogens is 234 g/mol. The summed E-state index contributed by atoms with van der Waals surface area (Å²) in [5.41, 5.74) is 5.84. The van der Waals surface area contributed by atoms with Crippen LogP contribution in [0, 0.1) is 25.2 Å². The normalized spacial score (nSPS) is 10.6. The number of fused-ring (bicyclic) bond motifs is 1. The molecule has 1 aromatic heterocycles. The fraction of sp³-hybridized carbons (Fsp3) is 0.125. The molecule has 2 aromatic carbocycles. The molecule has 0 aliphatic carbocycles. The van der Waals surface area contributed by atoms with Gasteiger partial charge in [-0.3, -0.25) is 4.57 Å². The first-order valence-electron chi connectivity index (χ1n) is 6.14. The summed E-state index contributed by atoms with van der Waals surface area (Å²) in [4.78, 5) is 4.37. The van der Waals surface area contributed by atoms with Crippen LogP contribution in [0.15, 0.2) is 42.7 Å². The predicted molar refractivity (Wildman–Crippen MR) is 75.3 cm³/mol. The predicted octanol–water partition coefficient (Wildman–Crippen LogP) is 3.51. The van der Waals surface area contributed by atoms with Gasteiger partial charge in [0.05, 0.1) is 11.1 Å². The van der Waals surface area contributed by atoms with Gasteiger partial charge in [-0.25, -0.2) is 4.98 Å². The van der Waals surface area contributed by atoms with Crippen LogP contribution in [-0.4, -0.2) is 9.55 Å². The van der Waals surface area contributed by atoms with Gasteiger partial charge in [-0.1, -0.05) is 12.1 Å². The fourth-order valence-electron chi connectivity index (χ4n) is 2.42. The maximum absolute atomic E-state index is 9.10. The molecule has 0 aliphatic rings. The number of hydrogen-bond donors (Lipinski definition) is 0. The van der Waals surface area contributed by atoms with E-state index in [-0.39, 0.29) is 0 Å². The number of aryl methyl sites for hydroxylation is 2. The molecule has 0 bridgehead atoms. The number of para-hydroxylation sites is 1. The van der Waals surface area contributed by atoms with E-state index >= 15 is 0 Å². The van der Waals surface area contributed by atoms with E-state index in [1.807, 2.05) is 16.7 Å². The van der Waals surface area contributed by atoms with Crippen molar-refractivity contribution >= 4 is 11.0 Å². The lowest BCUT2D eigenvalue weighted by Gasteiger charge is -2.07. The van der Waals surface area contributed by atoms with Gasteiger partial charge in [0, 0.05) is 5.69 Å². The van der Waals surface area contributed by atoms with Gasteiger partial charge in [0.1, 0.15) is 17.9 Å². The fourth-order valence-corrected chi connectivity index (χ4v) is 2.42. The Balaban J connectivity index is 2.29. The average molecular weight is 247 g/mol. The number of aromatic nitrogens is 2. The van der Waals surface area contributed by atoms with Crippen LogP contribution >= 0.6 is 0 Å². The lowest BCUT2D eigenvalue weighted by Crippen LogP contribution is -1.93. The Bertz CT molecular complexity index is 786. The van der Waals surface area contributed by atoms with Gasteiger partial charge < -0.3 is 0 Å². The molecule has 1 heterocycles. The monoisotopic (exact) mass is 247 g/mol. The molecule has 0 spiro atoms. The molecule has 0 N–H and O–H groups in total. The third kappa shape index (κ3) is 1.88. The van der Waals surface area contributed by atoms with Crippen LogP contribution in [0.2, 0.25) is 0 Å².